The van der Waals surface area contributed by atoms with Crippen LogP contribution in [-0.4, -0.2) is 48.7 Å². The van der Waals surface area contributed by atoms with E-state index < -0.39 is 17.7 Å². The van der Waals surface area contributed by atoms with E-state index in [9.17, 15) is 14.7 Å². The molecule has 0 saturated carbocycles. The van der Waals surface area contributed by atoms with Crippen molar-refractivity contribution in [2.45, 2.75) is 25.6 Å². The Morgan fingerprint density at radius 3 is 2.47 bits per heavy atom. The number of anilines is 2. The summed E-state index contributed by atoms with van der Waals surface area (Å²) in [5.41, 5.74) is 0.0594. The average molecular weight is 489 g/mol. The lowest BCUT2D eigenvalue weighted by atomic mass is 9.94. The number of carbonyl (C=O) groups excluding carboxylic acids is 2. The molecule has 188 valence electrons. The maximum atomic E-state index is 13.5. The highest BCUT2D eigenvalue weighted by atomic mass is 16.5. The molecule has 3 aromatic rings. The molecule has 0 aromatic heterocycles. The predicted molar refractivity (Wildman–Crippen MR) is 140 cm³/mol. The van der Waals surface area contributed by atoms with Gasteiger partial charge < -0.3 is 25.4 Å². The highest BCUT2D eigenvalue weighted by Crippen LogP contribution is 2.40. The van der Waals surface area contributed by atoms with Crippen LogP contribution in [0.25, 0.3) is 0 Å². The molecule has 8 nitrogen and oxygen atoms in total. The minimum absolute atomic E-state index is 0.303. The van der Waals surface area contributed by atoms with Gasteiger partial charge in [0.05, 0.1) is 12.3 Å². The molecule has 3 amide bonds. The van der Waals surface area contributed by atoms with Gasteiger partial charge in [-0.3, -0.25) is 9.69 Å². The maximum absolute atomic E-state index is 13.5. The molecule has 0 aliphatic carbocycles. The van der Waals surface area contributed by atoms with Crippen LogP contribution in [0, 0.1) is 0 Å². The molecule has 36 heavy (non-hydrogen) atoms. The normalized spacial score (nSPS) is 16.9. The lowest BCUT2D eigenvalue weighted by Gasteiger charge is -2.42. The minimum Gasteiger partial charge on any atom is -0.494 e. The highest BCUT2D eigenvalue weighted by molar-refractivity contribution is 6.11. The van der Waals surface area contributed by atoms with Gasteiger partial charge in [-0.25, -0.2) is 4.79 Å². The molecule has 1 atom stereocenters. The van der Waals surface area contributed by atoms with Gasteiger partial charge in [0, 0.05) is 24.3 Å². The van der Waals surface area contributed by atoms with E-state index in [1.54, 1.807) is 48.5 Å². The zero-order valence-electron chi connectivity index (χ0n) is 20.6. The zero-order chi connectivity index (χ0) is 25.5. The first-order valence-electron chi connectivity index (χ1n) is 12.1. The molecule has 1 heterocycles. The number of amides is 3. The molecular formula is C28H32N4O4. The van der Waals surface area contributed by atoms with E-state index in [1.165, 1.54) is 5.56 Å². The van der Waals surface area contributed by atoms with Crippen LogP contribution in [0.2, 0.25) is 0 Å². The van der Waals surface area contributed by atoms with Crippen molar-refractivity contribution in [1.29, 1.82) is 0 Å². The van der Waals surface area contributed by atoms with Gasteiger partial charge in [0.15, 0.2) is 0 Å². The Morgan fingerprint density at radius 1 is 1.06 bits per heavy atom. The fourth-order valence-corrected chi connectivity index (χ4v) is 4.37. The lowest BCUT2D eigenvalue weighted by Crippen LogP contribution is -2.62. The number of nitrogens with zero attached hydrogens (tertiary/aromatic N) is 2. The Morgan fingerprint density at radius 2 is 1.75 bits per heavy atom. The molecule has 0 bridgehead atoms. The van der Waals surface area contributed by atoms with Crippen molar-refractivity contribution in [2.24, 2.45) is 0 Å². The largest absolute Gasteiger partial charge is 0.494 e. The molecular weight excluding hydrogens is 456 g/mol. The number of fused-ring (bicyclic) bond motifs is 1. The summed E-state index contributed by atoms with van der Waals surface area (Å²) in [7, 11) is 2.03. The van der Waals surface area contributed by atoms with Crippen LogP contribution < -0.4 is 20.3 Å². The molecule has 1 aliphatic rings. The van der Waals surface area contributed by atoms with Crippen molar-refractivity contribution < 1.29 is 19.4 Å². The predicted octanol–water partition coefficient (Wildman–Crippen LogP) is 3.92. The third-order valence-corrected chi connectivity index (χ3v) is 6.09. The monoisotopic (exact) mass is 488 g/mol. The van der Waals surface area contributed by atoms with Gasteiger partial charge in [-0.15, -0.1) is 0 Å². The second kappa shape index (κ2) is 11.2. The number of para-hydroxylation sites is 1. The summed E-state index contributed by atoms with van der Waals surface area (Å²) < 4.78 is 5.49. The SMILES string of the molecule is CCOc1ccc(N2C(=O)Nc3ccccc3[C@@]2(O)C(=O)NCCCN(C)Cc2ccccc2)cc1. The van der Waals surface area contributed by atoms with Crippen molar-refractivity contribution >= 4 is 23.3 Å². The molecule has 0 fully saturated rings. The molecule has 4 rings (SSSR count). The van der Waals surface area contributed by atoms with Gasteiger partial charge in [0.2, 0.25) is 0 Å². The summed E-state index contributed by atoms with van der Waals surface area (Å²) in [6, 6.07) is 23.0. The number of ether oxygens (including phenoxy) is 1. The first-order chi connectivity index (χ1) is 17.4. The van der Waals surface area contributed by atoms with E-state index >= 15 is 0 Å². The Kier molecular flexibility index (Phi) is 7.87. The van der Waals surface area contributed by atoms with Crippen LogP contribution in [-0.2, 0) is 17.1 Å². The van der Waals surface area contributed by atoms with Gasteiger partial charge in [-0.05, 0) is 62.8 Å². The Balaban J connectivity index is 1.49. The molecule has 0 radical (unpaired) electrons. The molecule has 8 heteroatoms. The summed E-state index contributed by atoms with van der Waals surface area (Å²) in [6.07, 6.45) is 0.683. The summed E-state index contributed by atoms with van der Waals surface area (Å²) in [5, 5.41) is 17.5. The molecule has 3 aromatic carbocycles. The van der Waals surface area contributed by atoms with E-state index in [0.29, 0.717) is 42.3 Å². The fraction of sp³-hybridized carbons (Fsp3) is 0.286. The van der Waals surface area contributed by atoms with E-state index in [4.69, 9.17) is 4.74 Å². The van der Waals surface area contributed by atoms with Crippen LogP contribution in [0.4, 0.5) is 16.2 Å². The smallest absolute Gasteiger partial charge is 0.329 e. The van der Waals surface area contributed by atoms with Crippen molar-refractivity contribution in [3.05, 3.63) is 90.0 Å². The average Bonchev–Trinajstić information content (AvgIpc) is 2.88. The highest BCUT2D eigenvalue weighted by Gasteiger charge is 2.51. The van der Waals surface area contributed by atoms with Crippen molar-refractivity contribution in [3.8, 4) is 5.75 Å². The van der Waals surface area contributed by atoms with Gasteiger partial charge in [-0.1, -0.05) is 48.5 Å². The van der Waals surface area contributed by atoms with Gasteiger partial charge in [0.25, 0.3) is 11.6 Å². The van der Waals surface area contributed by atoms with Crippen LogP contribution >= 0.6 is 0 Å². The summed E-state index contributed by atoms with van der Waals surface area (Å²) in [5.74, 6) is -0.0314. The van der Waals surface area contributed by atoms with Crippen LogP contribution in [0.3, 0.4) is 0 Å². The molecule has 1 aliphatic heterocycles. The number of benzene rings is 3. The second-order valence-electron chi connectivity index (χ2n) is 8.74. The standard InChI is InChI=1S/C28H32N4O4/c1-3-36-23-16-14-22(15-17-23)32-27(34)30-25-13-8-7-12-24(25)28(32,35)26(33)29-18-9-19-31(2)20-21-10-5-4-6-11-21/h4-8,10-17,35H,3,9,18-20H2,1-2H3,(H,29,33)(H,30,34)/t28-/m1/s1. The third kappa shape index (κ3) is 5.35. The Labute approximate surface area is 211 Å². The van der Waals surface area contributed by atoms with Gasteiger partial charge in [-0.2, -0.15) is 0 Å². The molecule has 0 spiro atoms. The van der Waals surface area contributed by atoms with Crippen molar-refractivity contribution in [1.82, 2.24) is 10.2 Å². The zero-order valence-corrected chi connectivity index (χ0v) is 20.6. The minimum atomic E-state index is -2.22. The van der Waals surface area contributed by atoms with E-state index in [1.807, 2.05) is 32.2 Å². The Hall–Kier alpha value is -3.88. The van der Waals surface area contributed by atoms with Gasteiger partial charge >= 0.3 is 6.03 Å². The summed E-state index contributed by atoms with van der Waals surface area (Å²) in [4.78, 5) is 29.9. The molecule has 3 N–H and O–H groups in total. The van der Waals surface area contributed by atoms with E-state index in [2.05, 4.69) is 27.7 Å². The van der Waals surface area contributed by atoms with Crippen LogP contribution in [0.1, 0.15) is 24.5 Å². The van der Waals surface area contributed by atoms with Crippen LogP contribution in [0.5, 0.6) is 5.75 Å². The summed E-state index contributed by atoms with van der Waals surface area (Å²) >= 11 is 0. The molecule has 0 unspecified atom stereocenters. The number of hydrogen-bond donors (Lipinski definition) is 3. The number of hydrogen-bond acceptors (Lipinski definition) is 5. The quantitative estimate of drug-likeness (QED) is 0.376. The summed E-state index contributed by atoms with van der Waals surface area (Å²) in [6.45, 7) is 4.29. The topological polar surface area (TPSA) is 94.1 Å². The first-order valence-corrected chi connectivity index (χ1v) is 12.1. The van der Waals surface area contributed by atoms with Gasteiger partial charge in [0.1, 0.15) is 5.75 Å². The van der Waals surface area contributed by atoms with Crippen molar-refractivity contribution in [2.75, 3.05) is 37.0 Å². The fourth-order valence-electron chi connectivity index (χ4n) is 4.37. The second-order valence-corrected chi connectivity index (χ2v) is 8.74. The van der Waals surface area contributed by atoms with E-state index in [0.717, 1.165) is 18.0 Å². The van der Waals surface area contributed by atoms with E-state index in [-0.39, 0.29) is 0 Å². The number of nitrogens with one attached hydrogen (secondary N) is 2. The Bertz CT molecular complexity index is 1190. The third-order valence-electron chi connectivity index (χ3n) is 6.09. The number of aliphatic hydroxyl groups is 1. The molecule has 0 saturated heterocycles. The number of rotatable bonds is 10. The van der Waals surface area contributed by atoms with Crippen LogP contribution in [0.15, 0.2) is 78.9 Å². The number of carbonyl (C=O) groups is 2. The number of urea groups is 1. The van der Waals surface area contributed by atoms with Crippen molar-refractivity contribution in [3.63, 3.8) is 0 Å². The first kappa shape index (κ1) is 25.2. The maximum Gasteiger partial charge on any atom is 0.329 e. The lowest BCUT2D eigenvalue weighted by molar-refractivity contribution is -0.140.